The van der Waals surface area contributed by atoms with E-state index in [0.717, 1.165) is 11.1 Å². The third-order valence-electron chi connectivity index (χ3n) is 3.16. The molecule has 0 saturated carbocycles. The molecule has 2 nitrogen and oxygen atoms in total. The van der Waals surface area contributed by atoms with Crippen molar-refractivity contribution in [1.29, 1.82) is 0 Å². The first-order valence-corrected chi connectivity index (χ1v) is 7.01. The van der Waals surface area contributed by atoms with Crippen molar-refractivity contribution in [3.05, 3.63) is 58.1 Å². The zero-order valence-electron chi connectivity index (χ0n) is 11.6. The van der Waals surface area contributed by atoms with Crippen molar-refractivity contribution in [3.8, 4) is 11.5 Å². The van der Waals surface area contributed by atoms with Crippen molar-refractivity contribution in [2.45, 2.75) is 12.3 Å². The minimum absolute atomic E-state index is 0.325. The molecule has 0 saturated heterocycles. The van der Waals surface area contributed by atoms with Gasteiger partial charge in [-0.25, -0.2) is 0 Å². The van der Waals surface area contributed by atoms with E-state index in [2.05, 4.69) is 0 Å². The predicted octanol–water partition coefficient (Wildman–Crippen LogP) is 4.99. The van der Waals surface area contributed by atoms with Crippen LogP contribution in [0.1, 0.15) is 22.1 Å². The number of benzene rings is 2. The van der Waals surface area contributed by atoms with Crippen LogP contribution in [0, 0.1) is 6.92 Å². The lowest BCUT2D eigenvalue weighted by Crippen LogP contribution is -1.99. The Bertz CT molecular complexity index is 594. The molecule has 2 aromatic rings. The SMILES string of the molecule is COc1ccc(C(Cl)c2ccc(C)cc2)c(OC)c1Cl. The van der Waals surface area contributed by atoms with Crippen molar-refractivity contribution < 1.29 is 9.47 Å². The number of ether oxygens (including phenoxy) is 2. The number of halogens is 2. The summed E-state index contributed by atoms with van der Waals surface area (Å²) >= 11 is 12.8. The maximum Gasteiger partial charge on any atom is 0.146 e. The molecule has 0 aliphatic heterocycles. The lowest BCUT2D eigenvalue weighted by Gasteiger charge is -2.17. The number of hydrogen-bond acceptors (Lipinski definition) is 2. The van der Waals surface area contributed by atoms with Crippen molar-refractivity contribution in [2.75, 3.05) is 14.2 Å². The van der Waals surface area contributed by atoms with Gasteiger partial charge in [-0.05, 0) is 24.6 Å². The summed E-state index contributed by atoms with van der Waals surface area (Å²) in [6.07, 6.45) is 0. The fourth-order valence-electron chi connectivity index (χ4n) is 2.03. The van der Waals surface area contributed by atoms with Crippen LogP contribution < -0.4 is 9.47 Å². The van der Waals surface area contributed by atoms with Gasteiger partial charge in [0.15, 0.2) is 0 Å². The summed E-state index contributed by atoms with van der Waals surface area (Å²) in [6, 6.07) is 11.7. The quantitative estimate of drug-likeness (QED) is 0.740. The number of rotatable bonds is 4. The molecule has 0 fully saturated rings. The lowest BCUT2D eigenvalue weighted by molar-refractivity contribution is 0.392. The van der Waals surface area contributed by atoms with Crippen molar-refractivity contribution >= 4 is 23.2 Å². The Hall–Kier alpha value is -1.38. The summed E-state index contributed by atoms with van der Waals surface area (Å²) in [5.41, 5.74) is 3.01. The Balaban J connectivity index is 2.46. The number of hydrogen-bond donors (Lipinski definition) is 0. The molecule has 0 spiro atoms. The average molecular weight is 311 g/mol. The molecule has 2 aromatic carbocycles. The van der Waals surface area contributed by atoms with E-state index in [1.807, 2.05) is 37.3 Å². The van der Waals surface area contributed by atoms with Crippen molar-refractivity contribution in [2.24, 2.45) is 0 Å². The highest BCUT2D eigenvalue weighted by Crippen LogP contribution is 2.43. The van der Waals surface area contributed by atoms with Crippen LogP contribution in [-0.2, 0) is 0 Å². The molecule has 20 heavy (non-hydrogen) atoms. The van der Waals surface area contributed by atoms with E-state index in [0.29, 0.717) is 16.5 Å². The van der Waals surface area contributed by atoms with Crippen LogP contribution in [0.5, 0.6) is 11.5 Å². The highest BCUT2D eigenvalue weighted by molar-refractivity contribution is 6.34. The normalized spacial score (nSPS) is 12.1. The molecule has 4 heteroatoms. The first-order valence-electron chi connectivity index (χ1n) is 6.19. The molecule has 0 aliphatic rings. The Labute approximate surface area is 129 Å². The fraction of sp³-hybridized carbons (Fsp3) is 0.250. The van der Waals surface area contributed by atoms with Crippen LogP contribution in [0.15, 0.2) is 36.4 Å². The molecule has 1 atom stereocenters. The van der Waals surface area contributed by atoms with E-state index < -0.39 is 0 Å². The molecule has 0 bridgehead atoms. The molecule has 0 aromatic heterocycles. The standard InChI is InChI=1S/C16H16Cl2O2/c1-10-4-6-11(7-5-10)14(17)12-8-9-13(19-2)15(18)16(12)20-3/h4-9,14H,1-3H3. The van der Waals surface area contributed by atoms with Crippen LogP contribution >= 0.6 is 23.2 Å². The van der Waals surface area contributed by atoms with Crippen LogP contribution in [0.2, 0.25) is 5.02 Å². The zero-order valence-corrected chi connectivity index (χ0v) is 13.1. The highest BCUT2D eigenvalue weighted by Gasteiger charge is 2.20. The number of aryl methyl sites for hydroxylation is 1. The summed E-state index contributed by atoms with van der Waals surface area (Å²) in [5, 5.41) is 0.110. The molecule has 2 rings (SSSR count). The van der Waals surface area contributed by atoms with Gasteiger partial charge in [-0.2, -0.15) is 0 Å². The molecule has 0 radical (unpaired) electrons. The lowest BCUT2D eigenvalue weighted by atomic mass is 10.0. The van der Waals surface area contributed by atoms with Crippen LogP contribution in [0.25, 0.3) is 0 Å². The van der Waals surface area contributed by atoms with E-state index in [-0.39, 0.29) is 5.38 Å². The van der Waals surface area contributed by atoms with E-state index in [9.17, 15) is 0 Å². The van der Waals surface area contributed by atoms with Gasteiger partial charge >= 0.3 is 0 Å². The summed E-state index contributed by atoms with van der Waals surface area (Å²) in [5.74, 6) is 1.12. The van der Waals surface area contributed by atoms with Crippen LogP contribution in [0.4, 0.5) is 0 Å². The second-order valence-electron chi connectivity index (χ2n) is 4.48. The first-order chi connectivity index (χ1) is 9.58. The average Bonchev–Trinajstić information content (AvgIpc) is 2.47. The van der Waals surface area contributed by atoms with Gasteiger partial charge in [-0.1, -0.05) is 41.4 Å². The van der Waals surface area contributed by atoms with Crippen molar-refractivity contribution in [1.82, 2.24) is 0 Å². The van der Waals surface area contributed by atoms with Gasteiger partial charge in [0.25, 0.3) is 0 Å². The zero-order chi connectivity index (χ0) is 14.7. The fourth-order valence-corrected chi connectivity index (χ4v) is 2.68. The monoisotopic (exact) mass is 310 g/mol. The van der Waals surface area contributed by atoms with Crippen molar-refractivity contribution in [3.63, 3.8) is 0 Å². The molecular weight excluding hydrogens is 295 g/mol. The second kappa shape index (κ2) is 6.38. The molecule has 106 valence electrons. The Morgan fingerprint density at radius 1 is 0.950 bits per heavy atom. The Kier molecular flexibility index (Phi) is 4.79. The first kappa shape index (κ1) is 15.0. The summed E-state index contributed by atoms with van der Waals surface area (Å²) in [4.78, 5) is 0. The smallest absolute Gasteiger partial charge is 0.146 e. The largest absolute Gasteiger partial charge is 0.495 e. The molecule has 1 unspecified atom stereocenters. The van der Waals surface area contributed by atoms with Crippen LogP contribution in [-0.4, -0.2) is 14.2 Å². The third-order valence-corrected chi connectivity index (χ3v) is 4.00. The van der Waals surface area contributed by atoms with Gasteiger partial charge in [0, 0.05) is 5.56 Å². The van der Waals surface area contributed by atoms with E-state index in [1.165, 1.54) is 5.56 Å². The highest BCUT2D eigenvalue weighted by atomic mass is 35.5. The molecule has 0 aliphatic carbocycles. The van der Waals surface area contributed by atoms with Gasteiger partial charge in [0.2, 0.25) is 0 Å². The van der Waals surface area contributed by atoms with Crippen LogP contribution in [0.3, 0.4) is 0 Å². The minimum Gasteiger partial charge on any atom is -0.495 e. The van der Waals surface area contributed by atoms with E-state index in [1.54, 1.807) is 20.3 Å². The number of alkyl halides is 1. The molecule has 0 heterocycles. The molecular formula is C16H16Cl2O2. The van der Waals surface area contributed by atoms with Gasteiger partial charge in [-0.15, -0.1) is 11.6 Å². The Morgan fingerprint density at radius 3 is 2.15 bits per heavy atom. The van der Waals surface area contributed by atoms with Gasteiger partial charge in [0.05, 0.1) is 19.6 Å². The van der Waals surface area contributed by atoms with Gasteiger partial charge in [-0.3, -0.25) is 0 Å². The predicted molar refractivity (Wildman–Crippen MR) is 83.4 cm³/mol. The molecule has 0 N–H and O–H groups in total. The summed E-state index contributed by atoms with van der Waals surface area (Å²) < 4.78 is 10.6. The Morgan fingerprint density at radius 2 is 1.60 bits per heavy atom. The van der Waals surface area contributed by atoms with E-state index in [4.69, 9.17) is 32.7 Å². The van der Waals surface area contributed by atoms with E-state index >= 15 is 0 Å². The molecule has 0 amide bonds. The maximum absolute atomic E-state index is 6.56. The second-order valence-corrected chi connectivity index (χ2v) is 5.29. The number of methoxy groups -OCH3 is 2. The minimum atomic E-state index is -0.325. The third kappa shape index (κ3) is 2.87. The summed E-state index contributed by atoms with van der Waals surface area (Å²) in [6.45, 7) is 2.04. The van der Waals surface area contributed by atoms with Gasteiger partial charge < -0.3 is 9.47 Å². The topological polar surface area (TPSA) is 18.5 Å². The maximum atomic E-state index is 6.56. The van der Waals surface area contributed by atoms with Gasteiger partial charge in [0.1, 0.15) is 16.5 Å². The summed E-state index contributed by atoms with van der Waals surface area (Å²) in [7, 11) is 3.14.